The maximum absolute atomic E-state index is 12.1. The fourth-order valence-corrected chi connectivity index (χ4v) is 3.11. The average molecular weight is 335 g/mol. The largest absolute Gasteiger partial charge is 0.325 e. The summed E-state index contributed by atoms with van der Waals surface area (Å²) in [7, 11) is 0. The molecule has 1 N–H and O–H groups in total. The van der Waals surface area contributed by atoms with Crippen molar-refractivity contribution in [1.82, 2.24) is 0 Å². The van der Waals surface area contributed by atoms with Crippen LogP contribution in [0.4, 0.5) is 5.69 Å². The first-order valence-electron chi connectivity index (χ1n) is 7.18. The maximum atomic E-state index is 12.1. The van der Waals surface area contributed by atoms with E-state index in [1.54, 1.807) is 18.2 Å². The van der Waals surface area contributed by atoms with Gasteiger partial charge in [-0.2, -0.15) is 5.26 Å². The molecule has 0 heterocycles. The summed E-state index contributed by atoms with van der Waals surface area (Å²) in [6.07, 6.45) is 7.92. The maximum Gasteiger partial charge on any atom is 0.224 e. The lowest BCUT2D eigenvalue weighted by molar-refractivity contribution is -0.117. The first kappa shape index (κ1) is 15.1. The van der Waals surface area contributed by atoms with E-state index in [4.69, 9.17) is 5.26 Å². The van der Waals surface area contributed by atoms with Gasteiger partial charge < -0.3 is 5.32 Å². The van der Waals surface area contributed by atoms with E-state index in [0.717, 1.165) is 17.3 Å². The molecule has 1 aliphatic rings. The van der Waals surface area contributed by atoms with Crippen molar-refractivity contribution in [3.05, 3.63) is 28.2 Å². The number of carbonyl (C=O) groups excluding carboxylic acids is 1. The third kappa shape index (κ3) is 4.35. The van der Waals surface area contributed by atoms with Gasteiger partial charge in [0.15, 0.2) is 0 Å². The second-order valence-corrected chi connectivity index (χ2v) is 6.33. The van der Waals surface area contributed by atoms with Crippen LogP contribution >= 0.6 is 15.9 Å². The van der Waals surface area contributed by atoms with Crippen LogP contribution in [-0.2, 0) is 4.79 Å². The van der Waals surface area contributed by atoms with Crippen molar-refractivity contribution in [3.63, 3.8) is 0 Å². The summed E-state index contributed by atoms with van der Waals surface area (Å²) in [6, 6.07) is 7.41. The van der Waals surface area contributed by atoms with Crippen LogP contribution in [0.2, 0.25) is 0 Å². The number of amides is 1. The SMILES string of the molecule is N#Cc1ccc(Br)cc1NC(=O)CC1CCCCCC1. The van der Waals surface area contributed by atoms with Crippen molar-refractivity contribution in [3.8, 4) is 6.07 Å². The molecule has 0 aliphatic heterocycles. The second-order valence-electron chi connectivity index (χ2n) is 5.41. The van der Waals surface area contributed by atoms with Gasteiger partial charge in [-0.25, -0.2) is 0 Å². The van der Waals surface area contributed by atoms with Crippen LogP contribution in [0, 0.1) is 17.2 Å². The molecule has 1 saturated carbocycles. The lowest BCUT2D eigenvalue weighted by Gasteiger charge is -2.14. The molecule has 2 rings (SSSR count). The quantitative estimate of drug-likeness (QED) is 0.820. The molecule has 0 saturated heterocycles. The predicted octanol–water partition coefficient (Wildman–Crippen LogP) is 4.62. The third-order valence-corrected chi connectivity index (χ3v) is 4.32. The first-order valence-corrected chi connectivity index (χ1v) is 7.98. The number of halogens is 1. The molecule has 1 aromatic rings. The number of nitrogens with zero attached hydrogens (tertiary/aromatic N) is 1. The highest BCUT2D eigenvalue weighted by molar-refractivity contribution is 9.10. The number of rotatable bonds is 3. The van der Waals surface area contributed by atoms with Crippen LogP contribution in [0.3, 0.4) is 0 Å². The molecule has 3 nitrogen and oxygen atoms in total. The molecule has 0 aromatic heterocycles. The average Bonchev–Trinajstić information content (AvgIpc) is 2.67. The summed E-state index contributed by atoms with van der Waals surface area (Å²) in [4.78, 5) is 12.1. The Kier molecular flexibility index (Phi) is 5.60. The number of carbonyl (C=O) groups is 1. The van der Waals surface area contributed by atoms with Crippen LogP contribution in [0.15, 0.2) is 22.7 Å². The van der Waals surface area contributed by atoms with Crippen molar-refractivity contribution in [2.75, 3.05) is 5.32 Å². The molecule has 0 spiro atoms. The molecule has 1 aliphatic carbocycles. The number of hydrogen-bond donors (Lipinski definition) is 1. The smallest absolute Gasteiger partial charge is 0.224 e. The minimum atomic E-state index is 0.0199. The normalized spacial score (nSPS) is 16.2. The minimum absolute atomic E-state index is 0.0199. The van der Waals surface area contributed by atoms with Crippen LogP contribution in [0.5, 0.6) is 0 Å². The fourth-order valence-electron chi connectivity index (χ4n) is 2.75. The Morgan fingerprint density at radius 3 is 2.65 bits per heavy atom. The Labute approximate surface area is 128 Å². The highest BCUT2D eigenvalue weighted by Gasteiger charge is 2.17. The fraction of sp³-hybridized carbons (Fsp3) is 0.500. The molecular weight excluding hydrogens is 316 g/mol. The van der Waals surface area contributed by atoms with Gasteiger partial charge in [-0.3, -0.25) is 4.79 Å². The molecule has 20 heavy (non-hydrogen) atoms. The van der Waals surface area contributed by atoms with Crippen molar-refractivity contribution in [1.29, 1.82) is 5.26 Å². The number of nitriles is 1. The van der Waals surface area contributed by atoms with Crippen molar-refractivity contribution in [2.24, 2.45) is 5.92 Å². The van der Waals surface area contributed by atoms with E-state index in [1.165, 1.54) is 25.7 Å². The monoisotopic (exact) mass is 334 g/mol. The molecule has 106 valence electrons. The number of hydrogen-bond acceptors (Lipinski definition) is 2. The van der Waals surface area contributed by atoms with Crippen LogP contribution < -0.4 is 5.32 Å². The number of benzene rings is 1. The molecule has 1 amide bonds. The van der Waals surface area contributed by atoms with E-state index < -0.39 is 0 Å². The van der Waals surface area contributed by atoms with Crippen LogP contribution in [0.1, 0.15) is 50.5 Å². The number of anilines is 1. The van der Waals surface area contributed by atoms with E-state index >= 15 is 0 Å². The second kappa shape index (κ2) is 7.44. The third-order valence-electron chi connectivity index (χ3n) is 3.82. The van der Waals surface area contributed by atoms with Gasteiger partial charge in [-0.1, -0.05) is 41.6 Å². The molecule has 0 unspecified atom stereocenters. The van der Waals surface area contributed by atoms with Gasteiger partial charge in [-0.15, -0.1) is 0 Å². The predicted molar refractivity (Wildman–Crippen MR) is 83.3 cm³/mol. The molecule has 0 atom stereocenters. The number of nitrogens with one attached hydrogen (secondary N) is 1. The van der Waals surface area contributed by atoms with Crippen molar-refractivity contribution < 1.29 is 4.79 Å². The van der Waals surface area contributed by atoms with Crippen LogP contribution in [-0.4, -0.2) is 5.91 Å². The Hall–Kier alpha value is -1.34. The van der Waals surface area contributed by atoms with Gasteiger partial charge in [0, 0.05) is 10.9 Å². The van der Waals surface area contributed by atoms with E-state index in [2.05, 4.69) is 27.3 Å². The van der Waals surface area contributed by atoms with Gasteiger partial charge in [0.05, 0.1) is 11.3 Å². The molecule has 0 bridgehead atoms. The zero-order chi connectivity index (χ0) is 14.4. The highest BCUT2D eigenvalue weighted by atomic mass is 79.9. The summed E-state index contributed by atoms with van der Waals surface area (Å²) in [5, 5.41) is 11.9. The highest BCUT2D eigenvalue weighted by Crippen LogP contribution is 2.26. The molecule has 0 radical (unpaired) electrons. The Bertz CT molecular complexity index is 514. The summed E-state index contributed by atoms with van der Waals surface area (Å²) >= 11 is 3.36. The Balaban J connectivity index is 1.97. The van der Waals surface area contributed by atoms with E-state index in [-0.39, 0.29) is 5.91 Å². The minimum Gasteiger partial charge on any atom is -0.325 e. The van der Waals surface area contributed by atoms with Crippen LogP contribution in [0.25, 0.3) is 0 Å². The molecular formula is C16H19BrN2O. The molecule has 1 fully saturated rings. The topological polar surface area (TPSA) is 52.9 Å². The molecule has 1 aromatic carbocycles. The molecule has 4 heteroatoms. The van der Waals surface area contributed by atoms with Crippen molar-refractivity contribution in [2.45, 2.75) is 44.9 Å². The van der Waals surface area contributed by atoms with Crippen molar-refractivity contribution >= 4 is 27.5 Å². The Morgan fingerprint density at radius 1 is 1.30 bits per heavy atom. The van der Waals surface area contributed by atoms with Gasteiger partial charge in [0.1, 0.15) is 6.07 Å². The van der Waals surface area contributed by atoms with Gasteiger partial charge in [-0.05, 0) is 37.0 Å². The van der Waals surface area contributed by atoms with E-state index in [0.29, 0.717) is 23.6 Å². The Morgan fingerprint density at radius 2 is 2.00 bits per heavy atom. The first-order chi connectivity index (χ1) is 9.69. The zero-order valence-electron chi connectivity index (χ0n) is 11.5. The van der Waals surface area contributed by atoms with E-state index in [9.17, 15) is 4.79 Å². The lowest BCUT2D eigenvalue weighted by atomic mass is 9.96. The lowest BCUT2D eigenvalue weighted by Crippen LogP contribution is -2.17. The summed E-state index contributed by atoms with van der Waals surface area (Å²) in [5.41, 5.74) is 1.10. The summed E-state index contributed by atoms with van der Waals surface area (Å²) in [6.45, 7) is 0. The van der Waals surface area contributed by atoms with E-state index in [1.807, 2.05) is 0 Å². The standard InChI is InChI=1S/C16H19BrN2O/c17-14-8-7-13(11-18)15(10-14)19-16(20)9-12-5-3-1-2-4-6-12/h7-8,10,12H,1-6,9H2,(H,19,20). The zero-order valence-corrected chi connectivity index (χ0v) is 13.1. The summed E-state index contributed by atoms with van der Waals surface area (Å²) < 4.78 is 0.862. The van der Waals surface area contributed by atoms with Gasteiger partial charge in [0.25, 0.3) is 0 Å². The van der Waals surface area contributed by atoms with Gasteiger partial charge in [0.2, 0.25) is 5.91 Å². The van der Waals surface area contributed by atoms with Gasteiger partial charge >= 0.3 is 0 Å². The summed E-state index contributed by atoms with van der Waals surface area (Å²) in [5.74, 6) is 0.515.